The van der Waals surface area contributed by atoms with Gasteiger partial charge in [0.25, 0.3) is 0 Å². The molecule has 6 heteroatoms. The molecule has 1 amide bonds. The van der Waals surface area contributed by atoms with E-state index in [1.54, 1.807) is 12.4 Å². The molecule has 1 fully saturated rings. The van der Waals surface area contributed by atoms with E-state index in [0.717, 1.165) is 30.2 Å². The number of pyridine rings is 1. The standard InChI is InChI=1S/C15H19N5O/c1-10(2)9-13-18-15(12-3-4-14(21)17-12)20(19-13)11-5-7-16-8-6-11/h5-8,10,12H,3-4,9H2,1-2H3,(H,17,21). The van der Waals surface area contributed by atoms with E-state index in [0.29, 0.717) is 12.3 Å². The average molecular weight is 285 g/mol. The fraction of sp³-hybridized carbons (Fsp3) is 0.467. The molecule has 3 rings (SSSR count). The first-order valence-corrected chi connectivity index (χ1v) is 7.29. The van der Waals surface area contributed by atoms with Crippen LogP contribution in [-0.2, 0) is 11.2 Å². The van der Waals surface area contributed by atoms with Crippen molar-refractivity contribution in [3.05, 3.63) is 36.2 Å². The summed E-state index contributed by atoms with van der Waals surface area (Å²) in [5, 5.41) is 7.59. The highest BCUT2D eigenvalue weighted by Crippen LogP contribution is 2.24. The van der Waals surface area contributed by atoms with Gasteiger partial charge in [-0.05, 0) is 24.5 Å². The highest BCUT2D eigenvalue weighted by Gasteiger charge is 2.28. The lowest BCUT2D eigenvalue weighted by Crippen LogP contribution is -2.21. The number of hydrogen-bond acceptors (Lipinski definition) is 4. The van der Waals surface area contributed by atoms with Gasteiger partial charge in [0.2, 0.25) is 5.91 Å². The summed E-state index contributed by atoms with van der Waals surface area (Å²) >= 11 is 0. The molecule has 2 aromatic rings. The van der Waals surface area contributed by atoms with Crippen molar-refractivity contribution in [1.82, 2.24) is 25.1 Å². The summed E-state index contributed by atoms with van der Waals surface area (Å²) in [4.78, 5) is 20.2. The summed E-state index contributed by atoms with van der Waals surface area (Å²) in [7, 11) is 0. The maximum Gasteiger partial charge on any atom is 0.220 e. The molecule has 3 heterocycles. The second-order valence-electron chi connectivity index (χ2n) is 5.76. The van der Waals surface area contributed by atoms with Crippen LogP contribution in [-0.4, -0.2) is 25.7 Å². The monoisotopic (exact) mass is 285 g/mol. The molecule has 1 unspecified atom stereocenters. The summed E-state index contributed by atoms with van der Waals surface area (Å²) < 4.78 is 1.83. The molecule has 2 aromatic heterocycles. The molecule has 110 valence electrons. The number of nitrogens with zero attached hydrogens (tertiary/aromatic N) is 4. The second-order valence-corrected chi connectivity index (χ2v) is 5.76. The van der Waals surface area contributed by atoms with Gasteiger partial charge in [-0.2, -0.15) is 5.10 Å². The van der Waals surface area contributed by atoms with E-state index >= 15 is 0 Å². The van der Waals surface area contributed by atoms with Crippen molar-refractivity contribution in [3.8, 4) is 5.69 Å². The molecule has 6 nitrogen and oxygen atoms in total. The number of nitrogens with one attached hydrogen (secondary N) is 1. The second kappa shape index (κ2) is 5.63. The van der Waals surface area contributed by atoms with Crippen LogP contribution in [0, 0.1) is 5.92 Å². The maximum absolute atomic E-state index is 11.5. The van der Waals surface area contributed by atoms with Crippen molar-refractivity contribution in [2.75, 3.05) is 0 Å². The maximum atomic E-state index is 11.5. The quantitative estimate of drug-likeness (QED) is 0.930. The minimum Gasteiger partial charge on any atom is -0.346 e. The Kier molecular flexibility index (Phi) is 3.68. The lowest BCUT2D eigenvalue weighted by Gasteiger charge is -2.10. The molecule has 21 heavy (non-hydrogen) atoms. The molecule has 1 aliphatic heterocycles. The third kappa shape index (κ3) is 2.94. The van der Waals surface area contributed by atoms with Crippen LogP contribution in [0.3, 0.4) is 0 Å². The van der Waals surface area contributed by atoms with Gasteiger partial charge >= 0.3 is 0 Å². The molecule has 1 atom stereocenters. The summed E-state index contributed by atoms with van der Waals surface area (Å²) in [6, 6.07) is 3.74. The summed E-state index contributed by atoms with van der Waals surface area (Å²) in [6.07, 6.45) is 5.61. The zero-order chi connectivity index (χ0) is 14.8. The van der Waals surface area contributed by atoms with E-state index in [1.165, 1.54) is 0 Å². The van der Waals surface area contributed by atoms with Gasteiger partial charge in [0.05, 0.1) is 11.7 Å². The van der Waals surface area contributed by atoms with Crippen molar-refractivity contribution in [2.24, 2.45) is 5.92 Å². The normalized spacial score (nSPS) is 18.2. The Labute approximate surface area is 123 Å². The molecule has 1 aliphatic rings. The van der Waals surface area contributed by atoms with Gasteiger partial charge in [-0.1, -0.05) is 13.8 Å². The third-order valence-corrected chi connectivity index (χ3v) is 3.48. The van der Waals surface area contributed by atoms with Crippen LogP contribution in [0.1, 0.15) is 44.4 Å². The fourth-order valence-electron chi connectivity index (χ4n) is 2.53. The van der Waals surface area contributed by atoms with Crippen LogP contribution < -0.4 is 5.32 Å². The SMILES string of the molecule is CC(C)Cc1nc(C2CCC(=O)N2)n(-c2ccncc2)n1. The Morgan fingerprint density at radius 2 is 2.14 bits per heavy atom. The first-order chi connectivity index (χ1) is 10.1. The van der Waals surface area contributed by atoms with Gasteiger partial charge in [0, 0.05) is 25.2 Å². The van der Waals surface area contributed by atoms with E-state index in [1.807, 2.05) is 16.8 Å². The lowest BCUT2D eigenvalue weighted by atomic mass is 10.1. The first-order valence-electron chi connectivity index (χ1n) is 7.29. The van der Waals surface area contributed by atoms with E-state index in [9.17, 15) is 4.79 Å². The van der Waals surface area contributed by atoms with Crippen molar-refractivity contribution < 1.29 is 4.79 Å². The molecule has 1 N–H and O–H groups in total. The van der Waals surface area contributed by atoms with Crippen molar-refractivity contribution in [1.29, 1.82) is 0 Å². The van der Waals surface area contributed by atoms with Gasteiger partial charge in [0.1, 0.15) is 0 Å². The van der Waals surface area contributed by atoms with E-state index in [-0.39, 0.29) is 11.9 Å². The molecular weight excluding hydrogens is 266 g/mol. The number of carbonyl (C=O) groups is 1. The van der Waals surface area contributed by atoms with E-state index in [4.69, 9.17) is 0 Å². The van der Waals surface area contributed by atoms with Crippen LogP contribution in [0.2, 0.25) is 0 Å². The fourth-order valence-corrected chi connectivity index (χ4v) is 2.53. The molecular formula is C15H19N5O. The van der Waals surface area contributed by atoms with Gasteiger partial charge in [0.15, 0.2) is 11.6 Å². The highest BCUT2D eigenvalue weighted by atomic mass is 16.1. The smallest absolute Gasteiger partial charge is 0.220 e. The van der Waals surface area contributed by atoms with Crippen LogP contribution in [0.15, 0.2) is 24.5 Å². The molecule has 0 aliphatic carbocycles. The van der Waals surface area contributed by atoms with E-state index in [2.05, 4.69) is 34.2 Å². The molecule has 1 saturated heterocycles. The third-order valence-electron chi connectivity index (χ3n) is 3.48. The molecule has 0 spiro atoms. The summed E-state index contributed by atoms with van der Waals surface area (Å²) in [5.41, 5.74) is 0.920. The summed E-state index contributed by atoms with van der Waals surface area (Å²) in [6.45, 7) is 4.29. The van der Waals surface area contributed by atoms with Gasteiger partial charge in [-0.3, -0.25) is 9.78 Å². The zero-order valence-electron chi connectivity index (χ0n) is 12.3. The Hall–Kier alpha value is -2.24. The topological polar surface area (TPSA) is 72.7 Å². The molecule has 0 aromatic carbocycles. The predicted molar refractivity (Wildman–Crippen MR) is 77.8 cm³/mol. The Morgan fingerprint density at radius 1 is 1.38 bits per heavy atom. The largest absolute Gasteiger partial charge is 0.346 e. The predicted octanol–water partition coefficient (Wildman–Crippen LogP) is 1.81. The minimum atomic E-state index is -0.0564. The number of amides is 1. The highest BCUT2D eigenvalue weighted by molar-refractivity contribution is 5.78. The molecule has 0 bridgehead atoms. The van der Waals surface area contributed by atoms with Crippen molar-refractivity contribution >= 4 is 5.91 Å². The van der Waals surface area contributed by atoms with Gasteiger partial charge in [-0.15, -0.1) is 0 Å². The molecule has 0 saturated carbocycles. The minimum absolute atomic E-state index is 0.0564. The first kappa shape index (κ1) is 13.7. The number of carbonyl (C=O) groups excluding carboxylic acids is 1. The Morgan fingerprint density at radius 3 is 2.76 bits per heavy atom. The van der Waals surface area contributed by atoms with Crippen LogP contribution in [0.5, 0.6) is 0 Å². The molecule has 0 radical (unpaired) electrons. The summed E-state index contributed by atoms with van der Waals surface area (Å²) in [5.74, 6) is 2.19. The van der Waals surface area contributed by atoms with Crippen molar-refractivity contribution in [2.45, 2.75) is 39.2 Å². The van der Waals surface area contributed by atoms with Crippen molar-refractivity contribution in [3.63, 3.8) is 0 Å². The Balaban J connectivity index is 2.00. The number of rotatable bonds is 4. The number of hydrogen-bond donors (Lipinski definition) is 1. The average Bonchev–Trinajstić information content (AvgIpc) is 3.05. The van der Waals surface area contributed by atoms with Crippen LogP contribution in [0.25, 0.3) is 5.69 Å². The zero-order valence-corrected chi connectivity index (χ0v) is 12.3. The Bertz CT molecular complexity index is 635. The lowest BCUT2D eigenvalue weighted by molar-refractivity contribution is -0.119. The van der Waals surface area contributed by atoms with Gasteiger partial charge in [-0.25, -0.2) is 9.67 Å². The van der Waals surface area contributed by atoms with E-state index < -0.39 is 0 Å². The van der Waals surface area contributed by atoms with Gasteiger partial charge < -0.3 is 5.32 Å². The van der Waals surface area contributed by atoms with Crippen LogP contribution in [0.4, 0.5) is 0 Å². The number of aromatic nitrogens is 4. The van der Waals surface area contributed by atoms with Crippen LogP contribution >= 0.6 is 0 Å².